The van der Waals surface area contributed by atoms with Gasteiger partial charge in [-0.15, -0.1) is 0 Å². The molecule has 1 aliphatic rings. The summed E-state index contributed by atoms with van der Waals surface area (Å²) in [7, 11) is 2.00. The smallest absolute Gasteiger partial charge is 0.407 e. The van der Waals surface area contributed by atoms with Gasteiger partial charge in [0.25, 0.3) is 0 Å². The van der Waals surface area contributed by atoms with Gasteiger partial charge in [-0.05, 0) is 53.0 Å². The lowest BCUT2D eigenvalue weighted by atomic mass is 9.95. The first kappa shape index (κ1) is 15.3. The molecule has 1 amide bonds. The maximum absolute atomic E-state index is 11.8. The molecule has 0 bridgehead atoms. The molecule has 1 saturated carbocycles. The standard InChI is InChI=1S/C14H28N2O2/c1-10(2)11(9-14(15-6)7-8-14)16-12(17)18-13(3,4)5/h10-11,15H,7-9H2,1-6H3,(H,16,17). The maximum atomic E-state index is 11.8. The van der Waals surface area contributed by atoms with E-state index in [-0.39, 0.29) is 17.7 Å². The molecule has 0 saturated heterocycles. The third-order valence-electron chi connectivity index (χ3n) is 3.50. The molecular formula is C14H28N2O2. The van der Waals surface area contributed by atoms with Gasteiger partial charge in [-0.1, -0.05) is 13.8 Å². The molecule has 1 fully saturated rings. The number of amides is 1. The van der Waals surface area contributed by atoms with E-state index in [0.717, 1.165) is 6.42 Å². The van der Waals surface area contributed by atoms with E-state index in [9.17, 15) is 4.79 Å². The van der Waals surface area contributed by atoms with Crippen LogP contribution >= 0.6 is 0 Å². The van der Waals surface area contributed by atoms with Gasteiger partial charge in [0.2, 0.25) is 0 Å². The van der Waals surface area contributed by atoms with Gasteiger partial charge in [-0.3, -0.25) is 0 Å². The van der Waals surface area contributed by atoms with Crippen molar-refractivity contribution in [2.24, 2.45) is 5.92 Å². The minimum absolute atomic E-state index is 0.162. The van der Waals surface area contributed by atoms with Crippen molar-refractivity contribution in [2.45, 2.75) is 71.1 Å². The first-order chi connectivity index (χ1) is 8.17. The second-order valence-electron chi connectivity index (χ2n) is 6.73. The quantitative estimate of drug-likeness (QED) is 0.795. The fourth-order valence-corrected chi connectivity index (χ4v) is 2.04. The van der Waals surface area contributed by atoms with Gasteiger partial charge in [0, 0.05) is 11.6 Å². The largest absolute Gasteiger partial charge is 0.444 e. The van der Waals surface area contributed by atoms with Crippen LogP contribution in [0.4, 0.5) is 4.79 Å². The van der Waals surface area contributed by atoms with E-state index in [0.29, 0.717) is 5.92 Å². The monoisotopic (exact) mass is 256 g/mol. The van der Waals surface area contributed by atoms with Gasteiger partial charge in [0.15, 0.2) is 0 Å². The predicted octanol–water partition coefficient (Wildman–Crippen LogP) is 2.68. The third kappa shape index (κ3) is 4.84. The highest BCUT2D eigenvalue weighted by molar-refractivity contribution is 5.68. The van der Waals surface area contributed by atoms with Gasteiger partial charge in [-0.2, -0.15) is 0 Å². The summed E-state index contributed by atoms with van der Waals surface area (Å²) in [5.41, 5.74) is -0.199. The Morgan fingerprint density at radius 2 is 1.89 bits per heavy atom. The molecule has 0 aromatic rings. The lowest BCUT2D eigenvalue weighted by molar-refractivity contribution is 0.0483. The molecule has 1 unspecified atom stereocenters. The molecule has 1 atom stereocenters. The summed E-state index contributed by atoms with van der Waals surface area (Å²) in [5, 5.41) is 6.37. The van der Waals surface area contributed by atoms with Gasteiger partial charge >= 0.3 is 6.09 Å². The molecule has 0 aliphatic heterocycles. The number of carbonyl (C=O) groups is 1. The van der Waals surface area contributed by atoms with Crippen LogP contribution in [0, 0.1) is 5.92 Å². The molecular weight excluding hydrogens is 228 g/mol. The number of ether oxygens (including phenoxy) is 1. The first-order valence-electron chi connectivity index (χ1n) is 6.86. The van der Waals surface area contributed by atoms with E-state index >= 15 is 0 Å². The fraction of sp³-hybridized carbons (Fsp3) is 0.929. The summed E-state index contributed by atoms with van der Waals surface area (Å²) in [4.78, 5) is 11.8. The number of nitrogens with one attached hydrogen (secondary N) is 2. The van der Waals surface area contributed by atoms with Crippen molar-refractivity contribution in [3.63, 3.8) is 0 Å². The predicted molar refractivity (Wildman–Crippen MR) is 73.6 cm³/mol. The average Bonchev–Trinajstić information content (AvgIpc) is 2.94. The molecule has 0 spiro atoms. The number of hydrogen-bond acceptors (Lipinski definition) is 3. The maximum Gasteiger partial charge on any atom is 0.407 e. The Hall–Kier alpha value is -0.770. The van der Waals surface area contributed by atoms with Crippen molar-refractivity contribution < 1.29 is 9.53 Å². The molecule has 0 aromatic heterocycles. The Bertz CT molecular complexity index is 291. The van der Waals surface area contributed by atoms with E-state index < -0.39 is 5.60 Å². The van der Waals surface area contributed by atoms with Crippen LogP contribution in [0.5, 0.6) is 0 Å². The summed E-state index contributed by atoms with van der Waals surface area (Å²) in [6, 6.07) is 0.162. The number of carbonyl (C=O) groups excluding carboxylic acids is 1. The Kier molecular flexibility index (Phi) is 4.65. The lowest BCUT2D eigenvalue weighted by Gasteiger charge is -2.28. The van der Waals surface area contributed by atoms with Crippen LogP contribution in [0.3, 0.4) is 0 Å². The van der Waals surface area contributed by atoms with E-state index in [1.807, 2.05) is 27.8 Å². The van der Waals surface area contributed by atoms with Crippen molar-refractivity contribution in [3.8, 4) is 0 Å². The van der Waals surface area contributed by atoms with Crippen LogP contribution < -0.4 is 10.6 Å². The molecule has 106 valence electrons. The van der Waals surface area contributed by atoms with Crippen molar-refractivity contribution in [1.29, 1.82) is 0 Å². The highest BCUT2D eigenvalue weighted by Gasteiger charge is 2.43. The summed E-state index contributed by atoms with van der Waals surface area (Å²) >= 11 is 0. The molecule has 4 heteroatoms. The van der Waals surface area contributed by atoms with Crippen LogP contribution in [-0.4, -0.2) is 30.3 Å². The van der Waals surface area contributed by atoms with Crippen molar-refractivity contribution >= 4 is 6.09 Å². The lowest BCUT2D eigenvalue weighted by Crippen LogP contribution is -2.46. The molecule has 2 N–H and O–H groups in total. The van der Waals surface area contributed by atoms with Crippen molar-refractivity contribution in [1.82, 2.24) is 10.6 Å². The number of alkyl carbamates (subject to hydrolysis) is 1. The third-order valence-corrected chi connectivity index (χ3v) is 3.50. The number of rotatable bonds is 5. The van der Waals surface area contributed by atoms with Gasteiger partial charge in [0.05, 0.1) is 0 Å². The molecule has 4 nitrogen and oxygen atoms in total. The topological polar surface area (TPSA) is 50.4 Å². The van der Waals surface area contributed by atoms with Crippen LogP contribution in [0.2, 0.25) is 0 Å². The highest BCUT2D eigenvalue weighted by Crippen LogP contribution is 2.40. The minimum atomic E-state index is -0.439. The summed E-state index contributed by atoms with van der Waals surface area (Å²) in [6.07, 6.45) is 3.05. The van der Waals surface area contributed by atoms with Crippen LogP contribution in [0.15, 0.2) is 0 Å². The van der Waals surface area contributed by atoms with Crippen molar-refractivity contribution in [3.05, 3.63) is 0 Å². The SMILES string of the molecule is CNC1(CC(NC(=O)OC(C)(C)C)C(C)C)CC1. The first-order valence-corrected chi connectivity index (χ1v) is 6.86. The normalized spacial score (nSPS) is 19.5. The Labute approximate surface area is 111 Å². The van der Waals surface area contributed by atoms with Crippen LogP contribution in [-0.2, 0) is 4.74 Å². The Balaban J connectivity index is 2.50. The highest BCUT2D eigenvalue weighted by atomic mass is 16.6. The molecule has 1 aliphatic carbocycles. The van der Waals surface area contributed by atoms with E-state index in [4.69, 9.17) is 4.74 Å². The average molecular weight is 256 g/mol. The van der Waals surface area contributed by atoms with Crippen LogP contribution in [0.1, 0.15) is 53.9 Å². The number of hydrogen-bond donors (Lipinski definition) is 2. The second kappa shape index (κ2) is 5.47. The van der Waals surface area contributed by atoms with Gasteiger partial charge in [-0.25, -0.2) is 4.79 Å². The zero-order valence-electron chi connectivity index (χ0n) is 12.6. The Morgan fingerprint density at radius 3 is 2.22 bits per heavy atom. The van der Waals surface area contributed by atoms with Crippen LogP contribution in [0.25, 0.3) is 0 Å². The summed E-state index contributed by atoms with van der Waals surface area (Å²) in [6.45, 7) is 9.91. The molecule has 18 heavy (non-hydrogen) atoms. The zero-order chi connectivity index (χ0) is 14.0. The molecule has 0 heterocycles. The summed E-state index contributed by atoms with van der Waals surface area (Å²) in [5.74, 6) is 0.406. The van der Waals surface area contributed by atoms with E-state index in [1.54, 1.807) is 0 Å². The minimum Gasteiger partial charge on any atom is -0.444 e. The van der Waals surface area contributed by atoms with E-state index in [2.05, 4.69) is 24.5 Å². The van der Waals surface area contributed by atoms with Gasteiger partial charge in [0.1, 0.15) is 5.60 Å². The molecule has 1 rings (SSSR count). The molecule has 0 radical (unpaired) electrons. The Morgan fingerprint density at radius 1 is 1.33 bits per heavy atom. The summed E-state index contributed by atoms with van der Waals surface area (Å²) < 4.78 is 5.32. The molecule has 0 aromatic carbocycles. The van der Waals surface area contributed by atoms with Crippen molar-refractivity contribution in [2.75, 3.05) is 7.05 Å². The van der Waals surface area contributed by atoms with Gasteiger partial charge < -0.3 is 15.4 Å². The zero-order valence-corrected chi connectivity index (χ0v) is 12.6. The second-order valence-corrected chi connectivity index (χ2v) is 6.73. The van der Waals surface area contributed by atoms with E-state index in [1.165, 1.54) is 12.8 Å². The fourth-order valence-electron chi connectivity index (χ4n) is 2.04.